The number of morpholine rings is 1. The highest BCUT2D eigenvalue weighted by atomic mass is 16.6. The summed E-state index contributed by atoms with van der Waals surface area (Å²) < 4.78 is 16.0. The van der Waals surface area contributed by atoms with Crippen LogP contribution in [0.2, 0.25) is 0 Å². The van der Waals surface area contributed by atoms with E-state index < -0.39 is 17.5 Å². The molecule has 0 aromatic heterocycles. The number of ether oxygens (including phenoxy) is 3. The maximum Gasteiger partial charge on any atom is 0.357 e. The minimum absolute atomic E-state index is 0.0180. The summed E-state index contributed by atoms with van der Waals surface area (Å²) in [5.74, 6) is -1.10. The Balaban J connectivity index is 1.70. The zero-order chi connectivity index (χ0) is 18.1. The molecule has 2 aromatic carbocycles. The summed E-state index contributed by atoms with van der Waals surface area (Å²) in [6.07, 6.45) is 0.789. The van der Waals surface area contributed by atoms with Crippen LogP contribution in [0.15, 0.2) is 42.5 Å². The van der Waals surface area contributed by atoms with Crippen LogP contribution in [0.4, 0.5) is 0 Å². The van der Waals surface area contributed by atoms with E-state index in [-0.39, 0.29) is 13.2 Å². The molecule has 1 unspecified atom stereocenters. The van der Waals surface area contributed by atoms with Crippen LogP contribution in [-0.2, 0) is 25.5 Å². The Kier molecular flexibility index (Phi) is 4.22. The summed E-state index contributed by atoms with van der Waals surface area (Å²) in [6.45, 7) is 0.796. The first-order valence-electron chi connectivity index (χ1n) is 8.51. The molecule has 1 aliphatic carbocycles. The van der Waals surface area contributed by atoms with Crippen molar-refractivity contribution >= 4 is 11.9 Å². The number of carbonyl (C=O) groups excluding carboxylic acids is 2. The van der Waals surface area contributed by atoms with Crippen molar-refractivity contribution in [3.05, 3.63) is 53.6 Å². The van der Waals surface area contributed by atoms with E-state index in [9.17, 15) is 9.59 Å². The van der Waals surface area contributed by atoms with Crippen molar-refractivity contribution in [1.82, 2.24) is 5.32 Å². The van der Waals surface area contributed by atoms with Gasteiger partial charge in [-0.15, -0.1) is 0 Å². The predicted molar refractivity (Wildman–Crippen MR) is 93.9 cm³/mol. The van der Waals surface area contributed by atoms with Crippen molar-refractivity contribution in [2.45, 2.75) is 12.0 Å². The molecule has 6 heteroatoms. The molecule has 0 bridgehead atoms. The number of benzene rings is 2. The van der Waals surface area contributed by atoms with Crippen molar-refractivity contribution in [3.8, 4) is 16.9 Å². The van der Waals surface area contributed by atoms with Crippen molar-refractivity contribution in [2.75, 3.05) is 26.8 Å². The van der Waals surface area contributed by atoms with Crippen LogP contribution < -0.4 is 10.1 Å². The Bertz CT molecular complexity index is 870. The molecule has 1 heterocycles. The summed E-state index contributed by atoms with van der Waals surface area (Å²) in [6, 6.07) is 13.6. The Morgan fingerprint density at radius 1 is 1.08 bits per heavy atom. The molecular formula is C20H19NO5. The summed E-state index contributed by atoms with van der Waals surface area (Å²) in [7, 11) is 1.23. The summed E-state index contributed by atoms with van der Waals surface area (Å²) in [4.78, 5) is 25.2. The number of carbonyl (C=O) groups is 2. The Morgan fingerprint density at radius 2 is 1.88 bits per heavy atom. The molecule has 1 atom stereocenters. The number of fused-ring (bicyclic) bond motifs is 3. The molecule has 134 valence electrons. The second kappa shape index (κ2) is 6.55. The van der Waals surface area contributed by atoms with Crippen molar-refractivity contribution < 1.29 is 23.8 Å². The van der Waals surface area contributed by atoms with E-state index in [0.717, 1.165) is 23.1 Å². The monoisotopic (exact) mass is 353 g/mol. The minimum atomic E-state index is -1.78. The zero-order valence-corrected chi connectivity index (χ0v) is 14.4. The van der Waals surface area contributed by atoms with Gasteiger partial charge in [-0.25, -0.2) is 9.59 Å². The molecule has 1 N–H and O–H groups in total. The highest BCUT2D eigenvalue weighted by Crippen LogP contribution is 2.42. The third-order valence-corrected chi connectivity index (χ3v) is 4.83. The molecule has 0 amide bonds. The van der Waals surface area contributed by atoms with E-state index in [1.807, 2.05) is 30.3 Å². The fourth-order valence-corrected chi connectivity index (χ4v) is 3.54. The molecule has 26 heavy (non-hydrogen) atoms. The maximum atomic E-state index is 12.9. The first-order valence-corrected chi connectivity index (χ1v) is 8.51. The Hall–Kier alpha value is -2.70. The first-order chi connectivity index (χ1) is 12.7. The average Bonchev–Trinajstić information content (AvgIpc) is 3.07. The van der Waals surface area contributed by atoms with Crippen molar-refractivity contribution in [2.24, 2.45) is 0 Å². The van der Waals surface area contributed by atoms with Gasteiger partial charge in [-0.3, -0.25) is 0 Å². The quantitative estimate of drug-likeness (QED) is 0.439. The van der Waals surface area contributed by atoms with Gasteiger partial charge in [-0.1, -0.05) is 36.4 Å². The summed E-state index contributed by atoms with van der Waals surface area (Å²) >= 11 is 0. The van der Waals surface area contributed by atoms with Crippen molar-refractivity contribution in [3.63, 3.8) is 0 Å². The number of esters is 2. The lowest BCUT2D eigenvalue weighted by Crippen LogP contribution is -2.61. The van der Waals surface area contributed by atoms with Gasteiger partial charge in [-0.2, -0.15) is 0 Å². The molecule has 4 rings (SSSR count). The molecule has 1 fully saturated rings. The topological polar surface area (TPSA) is 73.9 Å². The van der Waals surface area contributed by atoms with E-state index in [2.05, 4.69) is 11.4 Å². The molecule has 2 aliphatic rings. The average molecular weight is 353 g/mol. The number of hydrogen-bond acceptors (Lipinski definition) is 6. The largest absolute Gasteiger partial charge is 0.466 e. The normalized spacial score (nSPS) is 20.8. The molecule has 1 saturated heterocycles. The summed E-state index contributed by atoms with van der Waals surface area (Å²) in [5, 5.41) is 3.00. The third kappa shape index (κ3) is 2.58. The highest BCUT2D eigenvalue weighted by Gasteiger charge is 2.52. The van der Waals surface area contributed by atoms with Crippen LogP contribution in [0, 0.1) is 0 Å². The van der Waals surface area contributed by atoms with Crippen LogP contribution in [0.3, 0.4) is 0 Å². The van der Waals surface area contributed by atoms with Gasteiger partial charge in [0.15, 0.2) is 0 Å². The van der Waals surface area contributed by atoms with Crippen molar-refractivity contribution in [1.29, 1.82) is 0 Å². The Labute approximate surface area is 151 Å². The van der Waals surface area contributed by atoms with Gasteiger partial charge in [0.2, 0.25) is 0 Å². The zero-order valence-electron chi connectivity index (χ0n) is 14.4. The van der Waals surface area contributed by atoms with E-state index in [0.29, 0.717) is 12.3 Å². The van der Waals surface area contributed by atoms with E-state index in [4.69, 9.17) is 14.2 Å². The number of methoxy groups -OCH3 is 1. The molecule has 0 radical (unpaired) electrons. The first kappa shape index (κ1) is 16.8. The predicted octanol–water partition coefficient (Wildman–Crippen LogP) is 1.69. The van der Waals surface area contributed by atoms with Gasteiger partial charge in [0.05, 0.1) is 13.7 Å². The lowest BCUT2D eigenvalue weighted by Gasteiger charge is -2.32. The van der Waals surface area contributed by atoms with Gasteiger partial charge in [0, 0.05) is 18.7 Å². The minimum Gasteiger partial charge on any atom is -0.466 e. The number of rotatable bonds is 3. The molecule has 1 aliphatic heterocycles. The standard InChI is InChI=1S/C20H19NO5/c1-24-18(22)20(12-21-9-10-25-20)19(23)26-16-8-4-6-14-11-13-5-2-3-7-15(13)17(14)16/h2-8,21H,9-12H2,1H3. The van der Waals surface area contributed by atoms with E-state index in [1.54, 1.807) is 6.07 Å². The lowest BCUT2D eigenvalue weighted by atomic mass is 10.0. The lowest BCUT2D eigenvalue weighted by molar-refractivity contribution is -0.186. The van der Waals surface area contributed by atoms with Crippen LogP contribution >= 0.6 is 0 Å². The molecule has 0 spiro atoms. The number of nitrogens with one attached hydrogen (secondary N) is 1. The van der Waals surface area contributed by atoms with Gasteiger partial charge < -0.3 is 19.5 Å². The Morgan fingerprint density at radius 3 is 2.65 bits per heavy atom. The molecular weight excluding hydrogens is 334 g/mol. The third-order valence-electron chi connectivity index (χ3n) is 4.83. The van der Waals surface area contributed by atoms with E-state index in [1.165, 1.54) is 12.7 Å². The van der Waals surface area contributed by atoms with E-state index >= 15 is 0 Å². The second-order valence-electron chi connectivity index (χ2n) is 6.36. The number of hydrogen-bond donors (Lipinski definition) is 1. The maximum absolute atomic E-state index is 12.9. The van der Waals surface area contributed by atoms with Gasteiger partial charge in [-0.05, 0) is 29.2 Å². The SMILES string of the molecule is COC(=O)C1(C(=O)Oc2cccc3c2-c2ccccc2C3)CNCCO1. The van der Waals surface area contributed by atoms with Gasteiger partial charge in [0.1, 0.15) is 5.75 Å². The molecule has 6 nitrogen and oxygen atoms in total. The van der Waals surface area contributed by atoms with Gasteiger partial charge in [0.25, 0.3) is 5.60 Å². The van der Waals surface area contributed by atoms with Crippen LogP contribution in [0.25, 0.3) is 11.1 Å². The smallest absolute Gasteiger partial charge is 0.357 e. The molecule has 0 saturated carbocycles. The second-order valence-corrected chi connectivity index (χ2v) is 6.36. The summed E-state index contributed by atoms with van der Waals surface area (Å²) in [5.41, 5.74) is 2.42. The fourth-order valence-electron chi connectivity index (χ4n) is 3.54. The highest BCUT2D eigenvalue weighted by molar-refractivity contribution is 6.05. The van der Waals surface area contributed by atoms with Gasteiger partial charge >= 0.3 is 11.9 Å². The van der Waals surface area contributed by atoms with Crippen LogP contribution in [0.1, 0.15) is 11.1 Å². The van der Waals surface area contributed by atoms with Crippen LogP contribution in [-0.4, -0.2) is 44.3 Å². The van der Waals surface area contributed by atoms with Crippen LogP contribution in [0.5, 0.6) is 5.75 Å². The fraction of sp³-hybridized carbons (Fsp3) is 0.300. The molecule has 2 aromatic rings.